The normalized spacial score (nSPS) is 11.1. The predicted octanol–water partition coefficient (Wildman–Crippen LogP) is 4.99. The predicted molar refractivity (Wildman–Crippen MR) is 125 cm³/mol. The van der Waals surface area contributed by atoms with Crippen molar-refractivity contribution in [1.82, 2.24) is 9.55 Å². The molecule has 4 rings (SSSR count). The highest BCUT2D eigenvalue weighted by atomic mass is 32.2. The fourth-order valence-electron chi connectivity index (χ4n) is 3.29. The van der Waals surface area contributed by atoms with Crippen molar-refractivity contribution in [3.8, 4) is 0 Å². The standard InChI is InChI=1S/C23H20FN3O2S2/c1-14-6-5-7-15(2)20(14)26-19(28)13-31-23-25-18-10-11-30-21(18)22(29)27(23)12-16-8-3-4-9-17(16)24/h3-11H,12-13H2,1-2H3,(H,26,28). The molecule has 0 unspecified atom stereocenters. The van der Waals surface area contributed by atoms with Crippen LogP contribution in [0.4, 0.5) is 10.1 Å². The van der Waals surface area contributed by atoms with Crippen molar-refractivity contribution in [3.63, 3.8) is 0 Å². The first-order valence-electron chi connectivity index (χ1n) is 9.64. The number of anilines is 1. The van der Waals surface area contributed by atoms with Gasteiger partial charge in [0, 0.05) is 11.3 Å². The van der Waals surface area contributed by atoms with E-state index in [0.29, 0.717) is 20.9 Å². The van der Waals surface area contributed by atoms with Crippen LogP contribution in [-0.2, 0) is 11.3 Å². The van der Waals surface area contributed by atoms with Gasteiger partial charge in [0.1, 0.15) is 10.5 Å². The van der Waals surface area contributed by atoms with Crippen LogP contribution in [0.2, 0.25) is 0 Å². The number of hydrogen-bond donors (Lipinski definition) is 1. The van der Waals surface area contributed by atoms with Crippen molar-refractivity contribution < 1.29 is 9.18 Å². The molecule has 2 aromatic carbocycles. The van der Waals surface area contributed by atoms with Crippen LogP contribution >= 0.6 is 23.1 Å². The topological polar surface area (TPSA) is 64.0 Å². The van der Waals surface area contributed by atoms with E-state index in [-0.39, 0.29) is 29.6 Å². The first-order valence-corrected chi connectivity index (χ1v) is 11.5. The summed E-state index contributed by atoms with van der Waals surface area (Å²) >= 11 is 2.47. The Kier molecular flexibility index (Phi) is 6.20. The van der Waals surface area contributed by atoms with Gasteiger partial charge in [-0.2, -0.15) is 0 Å². The molecule has 5 nitrogen and oxygen atoms in total. The van der Waals surface area contributed by atoms with E-state index in [9.17, 15) is 14.0 Å². The second-order valence-corrected chi connectivity index (χ2v) is 8.97. The van der Waals surface area contributed by atoms with Crippen molar-refractivity contribution in [1.29, 1.82) is 0 Å². The number of nitrogens with zero attached hydrogens (tertiary/aromatic N) is 2. The molecule has 0 saturated carbocycles. The Morgan fingerprint density at radius 3 is 2.61 bits per heavy atom. The highest BCUT2D eigenvalue weighted by Crippen LogP contribution is 2.24. The van der Waals surface area contributed by atoms with Gasteiger partial charge in [-0.15, -0.1) is 11.3 Å². The maximum absolute atomic E-state index is 14.2. The molecular formula is C23H20FN3O2S2. The van der Waals surface area contributed by atoms with Crippen LogP contribution in [0.5, 0.6) is 0 Å². The number of hydrogen-bond acceptors (Lipinski definition) is 5. The molecule has 0 atom stereocenters. The average molecular weight is 454 g/mol. The molecule has 0 fully saturated rings. The number of aromatic nitrogens is 2. The Balaban J connectivity index is 1.61. The summed E-state index contributed by atoms with van der Waals surface area (Å²) in [5, 5.41) is 5.13. The lowest BCUT2D eigenvalue weighted by molar-refractivity contribution is -0.113. The van der Waals surface area contributed by atoms with Gasteiger partial charge in [0.25, 0.3) is 5.56 Å². The van der Waals surface area contributed by atoms with Crippen LogP contribution in [0.15, 0.2) is 63.9 Å². The number of aryl methyl sites for hydroxylation is 2. The monoisotopic (exact) mass is 453 g/mol. The molecule has 158 valence electrons. The van der Waals surface area contributed by atoms with Crippen LogP contribution < -0.4 is 10.9 Å². The molecule has 0 aliphatic carbocycles. The summed E-state index contributed by atoms with van der Waals surface area (Å²) in [5.41, 5.74) is 3.49. The summed E-state index contributed by atoms with van der Waals surface area (Å²) in [7, 11) is 0. The molecule has 0 aliphatic rings. The lowest BCUT2D eigenvalue weighted by Crippen LogP contribution is -2.24. The van der Waals surface area contributed by atoms with Gasteiger partial charge in [0.2, 0.25) is 5.91 Å². The summed E-state index contributed by atoms with van der Waals surface area (Å²) in [5.74, 6) is -0.503. The quantitative estimate of drug-likeness (QED) is 0.330. The molecule has 2 heterocycles. The number of nitrogens with one attached hydrogen (secondary N) is 1. The maximum atomic E-state index is 14.2. The van der Waals surface area contributed by atoms with E-state index >= 15 is 0 Å². The molecule has 1 amide bonds. The lowest BCUT2D eigenvalue weighted by Gasteiger charge is -2.14. The van der Waals surface area contributed by atoms with E-state index in [1.165, 1.54) is 33.7 Å². The molecule has 0 radical (unpaired) electrons. The largest absolute Gasteiger partial charge is 0.325 e. The number of amides is 1. The molecule has 4 aromatic rings. The lowest BCUT2D eigenvalue weighted by atomic mass is 10.1. The van der Waals surface area contributed by atoms with Gasteiger partial charge in [0.05, 0.1) is 17.8 Å². The number of thioether (sulfide) groups is 1. The molecule has 1 N–H and O–H groups in total. The second-order valence-electron chi connectivity index (χ2n) is 7.12. The van der Waals surface area contributed by atoms with Crippen LogP contribution in [0, 0.1) is 19.7 Å². The van der Waals surface area contributed by atoms with Crippen molar-refractivity contribution in [2.45, 2.75) is 25.5 Å². The minimum absolute atomic E-state index is 0.0488. The van der Waals surface area contributed by atoms with Gasteiger partial charge in [-0.3, -0.25) is 14.2 Å². The van der Waals surface area contributed by atoms with Gasteiger partial charge in [-0.25, -0.2) is 9.37 Å². The summed E-state index contributed by atoms with van der Waals surface area (Å²) in [6.45, 7) is 3.93. The highest BCUT2D eigenvalue weighted by molar-refractivity contribution is 7.99. The number of para-hydroxylation sites is 1. The Labute approximate surface area is 187 Å². The Morgan fingerprint density at radius 1 is 1.13 bits per heavy atom. The number of benzene rings is 2. The van der Waals surface area contributed by atoms with Gasteiger partial charge in [-0.1, -0.05) is 48.2 Å². The van der Waals surface area contributed by atoms with E-state index in [1.807, 2.05) is 32.0 Å². The summed E-state index contributed by atoms with van der Waals surface area (Å²) in [6, 6.07) is 13.9. The Morgan fingerprint density at radius 2 is 1.87 bits per heavy atom. The zero-order valence-electron chi connectivity index (χ0n) is 17.0. The molecular weight excluding hydrogens is 433 g/mol. The van der Waals surface area contributed by atoms with E-state index in [2.05, 4.69) is 10.3 Å². The summed E-state index contributed by atoms with van der Waals surface area (Å²) < 4.78 is 16.2. The third-order valence-corrected chi connectivity index (χ3v) is 6.76. The number of fused-ring (bicyclic) bond motifs is 1. The highest BCUT2D eigenvalue weighted by Gasteiger charge is 2.16. The SMILES string of the molecule is Cc1cccc(C)c1NC(=O)CSc1nc2ccsc2c(=O)n1Cc1ccccc1F. The van der Waals surface area contributed by atoms with Crippen LogP contribution in [0.1, 0.15) is 16.7 Å². The zero-order valence-corrected chi connectivity index (χ0v) is 18.6. The van der Waals surface area contributed by atoms with Gasteiger partial charge >= 0.3 is 0 Å². The average Bonchev–Trinajstić information content (AvgIpc) is 3.22. The smallest absolute Gasteiger partial charge is 0.272 e. The third-order valence-electron chi connectivity index (χ3n) is 4.90. The molecule has 8 heteroatoms. The van der Waals surface area contributed by atoms with Crippen molar-refractivity contribution in [2.24, 2.45) is 0 Å². The first-order chi connectivity index (χ1) is 14.9. The molecule has 31 heavy (non-hydrogen) atoms. The van der Waals surface area contributed by atoms with E-state index in [4.69, 9.17) is 0 Å². The minimum Gasteiger partial charge on any atom is -0.325 e. The zero-order chi connectivity index (χ0) is 22.0. The molecule has 0 spiro atoms. The van der Waals surface area contributed by atoms with E-state index < -0.39 is 0 Å². The van der Waals surface area contributed by atoms with Gasteiger partial charge in [0.15, 0.2) is 5.16 Å². The van der Waals surface area contributed by atoms with Crippen LogP contribution in [0.3, 0.4) is 0 Å². The summed E-state index contributed by atoms with van der Waals surface area (Å²) in [4.78, 5) is 30.2. The number of thiophene rings is 1. The van der Waals surface area contributed by atoms with Crippen molar-refractivity contribution in [2.75, 3.05) is 11.1 Å². The molecule has 2 aromatic heterocycles. The fraction of sp³-hybridized carbons (Fsp3) is 0.174. The molecule has 0 bridgehead atoms. The second kappa shape index (κ2) is 9.03. The van der Waals surface area contributed by atoms with Crippen molar-refractivity contribution in [3.05, 3.63) is 86.8 Å². The Bertz CT molecular complexity index is 1310. The van der Waals surface area contributed by atoms with Crippen LogP contribution in [0.25, 0.3) is 10.2 Å². The minimum atomic E-state index is -0.385. The molecule has 0 aliphatic heterocycles. The number of halogens is 1. The van der Waals surface area contributed by atoms with E-state index in [0.717, 1.165) is 16.8 Å². The number of rotatable bonds is 6. The van der Waals surface area contributed by atoms with Gasteiger partial charge in [-0.05, 0) is 42.5 Å². The van der Waals surface area contributed by atoms with Crippen LogP contribution in [-0.4, -0.2) is 21.2 Å². The third kappa shape index (κ3) is 4.55. The summed E-state index contributed by atoms with van der Waals surface area (Å²) in [6.07, 6.45) is 0. The molecule has 0 saturated heterocycles. The number of carbonyl (C=O) groups is 1. The maximum Gasteiger partial charge on any atom is 0.272 e. The van der Waals surface area contributed by atoms with E-state index in [1.54, 1.807) is 29.6 Å². The van der Waals surface area contributed by atoms with Crippen molar-refractivity contribution >= 4 is 44.9 Å². The Hall–Kier alpha value is -2.97. The fourth-order valence-corrected chi connectivity index (χ4v) is 4.86. The number of carbonyl (C=O) groups excluding carboxylic acids is 1. The first kappa shape index (κ1) is 21.3. The van der Waals surface area contributed by atoms with Gasteiger partial charge < -0.3 is 5.32 Å².